The van der Waals surface area contributed by atoms with Crippen LogP contribution in [0, 0.1) is 52.3 Å². The minimum atomic E-state index is -0.912. The topological polar surface area (TPSA) is 98.0 Å². The van der Waals surface area contributed by atoms with E-state index in [1.165, 1.54) is 0 Å². The average molecular weight is 463 g/mol. The number of Topliss-reactive ketones (excluding diaryl/α,β-unsaturated/α-hetero) is 1. The largest absolute Gasteiger partial charge is 0.390 e. The van der Waals surface area contributed by atoms with Gasteiger partial charge in [0.25, 0.3) is 0 Å². The summed E-state index contributed by atoms with van der Waals surface area (Å²) < 4.78 is 0. The lowest BCUT2D eigenvalue weighted by Crippen LogP contribution is -2.59. The first-order valence-electron chi connectivity index (χ1n) is 13.3. The van der Waals surface area contributed by atoms with E-state index in [0.717, 1.165) is 25.7 Å². The molecule has 0 aromatic heterocycles. The van der Waals surface area contributed by atoms with Gasteiger partial charge in [0, 0.05) is 12.3 Å². The molecule has 4 rings (SSSR count). The predicted octanol–water partition coefficient (Wildman–Crippen LogP) is 3.73. The van der Waals surface area contributed by atoms with Crippen LogP contribution in [0.5, 0.6) is 0 Å². The molecule has 0 aromatic carbocycles. The van der Waals surface area contributed by atoms with Crippen molar-refractivity contribution in [3.63, 3.8) is 0 Å². The van der Waals surface area contributed by atoms with E-state index in [2.05, 4.69) is 27.4 Å². The second-order valence-corrected chi connectivity index (χ2v) is 12.9. The van der Waals surface area contributed by atoms with Gasteiger partial charge in [-0.3, -0.25) is 4.79 Å². The first-order chi connectivity index (χ1) is 15.3. The molecule has 0 bridgehead atoms. The number of rotatable bonds is 5. The van der Waals surface area contributed by atoms with Crippen molar-refractivity contribution < 1.29 is 25.2 Å². The summed E-state index contributed by atoms with van der Waals surface area (Å²) in [4.78, 5) is 13.3. The highest BCUT2D eigenvalue weighted by Crippen LogP contribution is 2.67. The monoisotopic (exact) mass is 462 g/mol. The standard InChI is InChI=1S/C28H46O5/c1-14(2)15(3)25(32)26(33)16(4)18-7-8-19-17-11-22(29)21-12-23(30)24(31)13-28(21,6)20(17)9-10-27(18,19)5/h14,16-21,23-26,30-33H,3,7-13H2,1-2,4-6H3/t16-,17-,18+,19-,20-,21+,23+,24-,25+,26+,27+,28+/m0/s1. The van der Waals surface area contributed by atoms with E-state index in [1.54, 1.807) is 0 Å². The number of fused-ring (bicyclic) bond motifs is 5. The van der Waals surface area contributed by atoms with Crippen LogP contribution in [0.4, 0.5) is 0 Å². The van der Waals surface area contributed by atoms with Crippen LogP contribution in [0.1, 0.15) is 79.6 Å². The number of aliphatic hydroxyl groups is 4. The third-order valence-electron chi connectivity index (χ3n) is 11.2. The molecule has 0 radical (unpaired) electrons. The number of carbonyl (C=O) groups is 1. The zero-order valence-electron chi connectivity index (χ0n) is 21.2. The molecule has 4 fully saturated rings. The molecule has 4 N–H and O–H groups in total. The molecule has 0 heterocycles. The smallest absolute Gasteiger partial charge is 0.136 e. The number of carbonyl (C=O) groups excluding carboxylic acids is 1. The molecule has 0 unspecified atom stereocenters. The van der Waals surface area contributed by atoms with Crippen molar-refractivity contribution in [3.05, 3.63) is 12.2 Å². The lowest BCUT2D eigenvalue weighted by molar-refractivity contribution is -0.174. The van der Waals surface area contributed by atoms with E-state index >= 15 is 0 Å². The average Bonchev–Trinajstić information content (AvgIpc) is 3.10. The molecule has 4 aliphatic rings. The van der Waals surface area contributed by atoms with Crippen LogP contribution in [0.25, 0.3) is 0 Å². The molecule has 4 aliphatic carbocycles. The van der Waals surface area contributed by atoms with Crippen LogP contribution < -0.4 is 0 Å². The summed E-state index contributed by atoms with van der Waals surface area (Å²) in [5, 5.41) is 42.6. The first kappa shape index (κ1) is 25.3. The Morgan fingerprint density at radius 1 is 1.00 bits per heavy atom. The summed E-state index contributed by atoms with van der Waals surface area (Å²) in [5.74, 6) is 1.63. The van der Waals surface area contributed by atoms with Gasteiger partial charge in [0.05, 0.1) is 18.3 Å². The van der Waals surface area contributed by atoms with E-state index in [4.69, 9.17) is 0 Å². The van der Waals surface area contributed by atoms with Crippen molar-refractivity contribution in [2.24, 2.45) is 52.3 Å². The Labute approximate surface area is 199 Å². The number of hydrogen-bond donors (Lipinski definition) is 4. The van der Waals surface area contributed by atoms with E-state index in [1.807, 2.05) is 13.8 Å². The second kappa shape index (κ2) is 8.72. The van der Waals surface area contributed by atoms with Crippen LogP contribution in [-0.2, 0) is 4.79 Å². The SMILES string of the molecule is C=C(C(C)C)[C@@H](O)[C@H](O)[C@@H](C)[C@H]1CC[C@H]2[C@@H]3CC(=O)[C@H]4C[C@@H](O)[C@@H](O)C[C@]4(C)[C@H]3CC[C@]12C. The van der Waals surface area contributed by atoms with E-state index in [-0.39, 0.29) is 34.4 Å². The van der Waals surface area contributed by atoms with Crippen LogP contribution in [0.15, 0.2) is 12.2 Å². The highest BCUT2D eigenvalue weighted by Gasteiger charge is 2.63. The summed E-state index contributed by atoms with van der Waals surface area (Å²) in [6.07, 6.45) is 2.37. The molecule has 0 aromatic rings. The van der Waals surface area contributed by atoms with Gasteiger partial charge < -0.3 is 20.4 Å². The maximum atomic E-state index is 13.3. The fourth-order valence-corrected chi connectivity index (χ4v) is 9.06. The summed E-state index contributed by atoms with van der Waals surface area (Å²) in [6.45, 7) is 14.6. The van der Waals surface area contributed by atoms with Crippen LogP contribution in [0.2, 0.25) is 0 Å². The van der Waals surface area contributed by atoms with Gasteiger partial charge in [0.2, 0.25) is 0 Å². The van der Waals surface area contributed by atoms with Crippen molar-refractivity contribution in [2.45, 2.75) is 104 Å². The molecule has 0 amide bonds. The summed E-state index contributed by atoms with van der Waals surface area (Å²) >= 11 is 0. The third-order valence-corrected chi connectivity index (χ3v) is 11.2. The van der Waals surface area contributed by atoms with Gasteiger partial charge in [-0.25, -0.2) is 0 Å². The second-order valence-electron chi connectivity index (χ2n) is 12.9. The van der Waals surface area contributed by atoms with Crippen molar-refractivity contribution in [2.75, 3.05) is 0 Å². The highest BCUT2D eigenvalue weighted by molar-refractivity contribution is 5.83. The molecule has 12 atom stereocenters. The van der Waals surface area contributed by atoms with E-state index in [0.29, 0.717) is 48.5 Å². The Balaban J connectivity index is 1.56. The summed E-state index contributed by atoms with van der Waals surface area (Å²) in [5.41, 5.74) is 0.484. The van der Waals surface area contributed by atoms with Gasteiger partial charge in [-0.2, -0.15) is 0 Å². The van der Waals surface area contributed by atoms with Crippen LogP contribution >= 0.6 is 0 Å². The Morgan fingerprint density at radius 2 is 1.64 bits per heavy atom. The van der Waals surface area contributed by atoms with Gasteiger partial charge in [-0.05, 0) is 90.4 Å². The molecule has 0 aliphatic heterocycles. The lowest BCUT2D eigenvalue weighted by atomic mass is 9.44. The Bertz CT molecular complexity index is 778. The quantitative estimate of drug-likeness (QED) is 0.467. The molecule has 33 heavy (non-hydrogen) atoms. The molecular weight excluding hydrogens is 416 g/mol. The predicted molar refractivity (Wildman–Crippen MR) is 128 cm³/mol. The normalized spacial score (nSPS) is 47.9. The Kier molecular flexibility index (Phi) is 6.70. The molecule has 5 nitrogen and oxygen atoms in total. The van der Waals surface area contributed by atoms with Gasteiger partial charge >= 0.3 is 0 Å². The van der Waals surface area contributed by atoms with Crippen molar-refractivity contribution in [1.82, 2.24) is 0 Å². The molecule has 188 valence electrons. The fourth-order valence-electron chi connectivity index (χ4n) is 9.06. The van der Waals surface area contributed by atoms with Crippen molar-refractivity contribution in [1.29, 1.82) is 0 Å². The van der Waals surface area contributed by atoms with Crippen molar-refractivity contribution in [3.8, 4) is 0 Å². The van der Waals surface area contributed by atoms with E-state index < -0.39 is 24.4 Å². The van der Waals surface area contributed by atoms with Gasteiger partial charge in [0.15, 0.2) is 0 Å². The Hall–Kier alpha value is -0.750. The number of aliphatic hydroxyl groups excluding tert-OH is 4. The first-order valence-corrected chi connectivity index (χ1v) is 13.3. The highest BCUT2D eigenvalue weighted by atomic mass is 16.3. The van der Waals surface area contributed by atoms with Crippen LogP contribution in [-0.4, -0.2) is 50.6 Å². The zero-order valence-corrected chi connectivity index (χ0v) is 21.2. The minimum absolute atomic E-state index is 0.0384. The summed E-state index contributed by atoms with van der Waals surface area (Å²) in [6, 6.07) is 0. The maximum absolute atomic E-state index is 13.3. The number of hydrogen-bond acceptors (Lipinski definition) is 5. The van der Waals surface area contributed by atoms with Crippen molar-refractivity contribution >= 4 is 5.78 Å². The van der Waals surface area contributed by atoms with Gasteiger partial charge in [0.1, 0.15) is 11.9 Å². The lowest BCUT2D eigenvalue weighted by Gasteiger charge is -2.61. The number of ketones is 1. The maximum Gasteiger partial charge on any atom is 0.136 e. The molecule has 0 spiro atoms. The minimum Gasteiger partial charge on any atom is -0.390 e. The fraction of sp³-hybridized carbons (Fsp3) is 0.893. The van der Waals surface area contributed by atoms with E-state index in [9.17, 15) is 25.2 Å². The Morgan fingerprint density at radius 3 is 2.27 bits per heavy atom. The molecule has 5 heteroatoms. The molecule has 0 saturated heterocycles. The molecular formula is C28H46O5. The summed E-state index contributed by atoms with van der Waals surface area (Å²) in [7, 11) is 0. The molecule has 4 saturated carbocycles. The van der Waals surface area contributed by atoms with Crippen LogP contribution in [0.3, 0.4) is 0 Å². The third kappa shape index (κ3) is 3.86. The zero-order chi connectivity index (χ0) is 24.5. The van der Waals surface area contributed by atoms with Gasteiger partial charge in [-0.15, -0.1) is 0 Å². The van der Waals surface area contributed by atoms with Gasteiger partial charge in [-0.1, -0.05) is 41.2 Å².